The maximum Gasteiger partial charge on any atom is 0.289 e. The molecule has 1 heterocycles. The molecule has 4 N–H and O–H groups in total. The Balaban J connectivity index is 0.00000190. The molecule has 3 aliphatic rings. The van der Waals surface area contributed by atoms with E-state index in [1.54, 1.807) is 44.4 Å². The van der Waals surface area contributed by atoms with Gasteiger partial charge in [-0.2, -0.15) is 0 Å². The first-order chi connectivity index (χ1) is 29.1. The number of nitrogens with one attached hydrogen (secondary N) is 4. The number of unbranched alkanes of at least 4 members (excludes halogenated alkanes) is 1. The smallest absolute Gasteiger partial charge is 0.289 e. The maximum atomic E-state index is 13.3. The number of ketones is 1. The van der Waals surface area contributed by atoms with E-state index in [-0.39, 0.29) is 43.7 Å². The Kier molecular flexibility index (Phi) is 26.8. The molecule has 1 aromatic rings. The highest BCUT2D eigenvalue weighted by atomic mass is 16.5. The Morgan fingerprint density at radius 2 is 1.51 bits per heavy atom. The summed E-state index contributed by atoms with van der Waals surface area (Å²) in [7, 11) is 3.10. The highest BCUT2D eigenvalue weighted by Crippen LogP contribution is 2.38. The summed E-state index contributed by atoms with van der Waals surface area (Å²) in [6.07, 6.45) is 13.6. The van der Waals surface area contributed by atoms with Crippen molar-refractivity contribution in [2.75, 3.05) is 46.9 Å². The van der Waals surface area contributed by atoms with E-state index in [2.05, 4.69) is 62.0 Å². The number of hydrogen-bond donors (Lipinski definition) is 4. The summed E-state index contributed by atoms with van der Waals surface area (Å²) in [5, 5.41) is 9.95. The van der Waals surface area contributed by atoms with Crippen LogP contribution in [0.15, 0.2) is 54.1 Å². The van der Waals surface area contributed by atoms with Gasteiger partial charge in [0.25, 0.3) is 5.91 Å². The van der Waals surface area contributed by atoms with Crippen molar-refractivity contribution in [2.45, 2.75) is 131 Å². The summed E-state index contributed by atoms with van der Waals surface area (Å²) < 4.78 is 5.91. The number of amides is 6. The van der Waals surface area contributed by atoms with E-state index in [1.165, 1.54) is 41.1 Å². The Labute approximate surface area is 365 Å². The van der Waals surface area contributed by atoms with E-state index in [0.29, 0.717) is 18.1 Å². The molecule has 2 fully saturated rings. The van der Waals surface area contributed by atoms with Gasteiger partial charge in [-0.3, -0.25) is 33.6 Å². The third-order valence-corrected chi connectivity index (χ3v) is 9.65. The third-order valence-electron chi connectivity index (χ3n) is 9.65. The minimum atomic E-state index is -1.10. The zero-order valence-corrected chi connectivity index (χ0v) is 38.6. The number of likely N-dealkylation sites (N-methyl/N-ethyl adjacent to an activating group) is 1. The molecule has 4 unspecified atom stereocenters. The van der Waals surface area contributed by atoms with E-state index in [0.717, 1.165) is 25.2 Å². The molecule has 342 valence electrons. The molecule has 14 nitrogen and oxygen atoms in total. The molecule has 4 rings (SSSR count). The number of ether oxygens (including phenoxy) is 1. The van der Waals surface area contributed by atoms with Crippen molar-refractivity contribution in [3.05, 3.63) is 59.7 Å². The van der Waals surface area contributed by atoms with Crippen LogP contribution in [0.5, 0.6) is 0 Å². The molecular formula is C47H76N6O8. The van der Waals surface area contributed by atoms with Gasteiger partial charge in [-0.15, -0.1) is 0 Å². The van der Waals surface area contributed by atoms with Crippen LogP contribution in [0.4, 0.5) is 0 Å². The van der Waals surface area contributed by atoms with Crippen LogP contribution < -0.4 is 21.3 Å². The van der Waals surface area contributed by atoms with Gasteiger partial charge in [0, 0.05) is 40.1 Å². The summed E-state index contributed by atoms with van der Waals surface area (Å²) in [6.45, 7) is 15.8. The minimum Gasteiger partial charge on any atom is -0.376 e. The Morgan fingerprint density at radius 1 is 0.869 bits per heavy atom. The van der Waals surface area contributed by atoms with Crippen molar-refractivity contribution in [3.8, 4) is 0 Å². The molecule has 0 radical (unpaired) electrons. The average Bonchev–Trinajstić information content (AvgIpc) is 3.65. The van der Waals surface area contributed by atoms with Crippen LogP contribution in [0.2, 0.25) is 0 Å². The number of hydrogen-bond acceptors (Lipinski definition) is 8. The molecule has 0 bridgehead atoms. The lowest BCUT2D eigenvalue weighted by molar-refractivity contribution is -0.140. The van der Waals surface area contributed by atoms with Gasteiger partial charge in [0.2, 0.25) is 35.3 Å². The Bertz CT molecular complexity index is 1590. The minimum absolute atomic E-state index is 0.0694. The monoisotopic (exact) mass is 853 g/mol. The predicted octanol–water partition coefficient (Wildman–Crippen LogP) is 5.43. The normalized spacial score (nSPS) is 18.2. The molecule has 6 amide bonds. The zero-order chi connectivity index (χ0) is 45.9. The fourth-order valence-electron chi connectivity index (χ4n) is 6.45. The Morgan fingerprint density at radius 3 is 2.08 bits per heavy atom. The number of carbonyl (C=O) groups is 7. The zero-order valence-electron chi connectivity index (χ0n) is 38.6. The van der Waals surface area contributed by atoms with Crippen LogP contribution in [-0.4, -0.2) is 110 Å². The number of likely N-dealkylation sites (tertiary alicyclic amines) is 1. The number of carbonyl (C=O) groups excluding carboxylic acids is 7. The highest BCUT2D eigenvalue weighted by molar-refractivity contribution is 6.37. The number of allylic oxidation sites excluding steroid dienone is 4. The molecule has 0 spiro atoms. The fourth-order valence-corrected chi connectivity index (χ4v) is 6.45. The fraction of sp³-hybridized carbons (Fsp3) is 0.638. The SMILES string of the molecule is CC.CC(C)C.CCC.CCCCOC1CC(C(=O)NCC(=O)C(=O)NCC(=O)NC(C(=O)N(C)C)c2ccccc2)N(C(=O)CNC(=O)CC2C=CC=C(C3CCC3)C2)C1. The lowest BCUT2D eigenvalue weighted by Crippen LogP contribution is -2.51. The second kappa shape index (κ2) is 30.2. The van der Waals surface area contributed by atoms with Crippen LogP contribution in [0.3, 0.4) is 0 Å². The van der Waals surface area contributed by atoms with Crippen molar-refractivity contribution < 1.29 is 38.3 Å². The van der Waals surface area contributed by atoms with Gasteiger partial charge in [0.15, 0.2) is 0 Å². The summed E-state index contributed by atoms with van der Waals surface area (Å²) in [5.74, 6) is -3.01. The number of Topliss-reactive ketones (excluding diaryl/α,β-unsaturated/α-hetero) is 1. The summed E-state index contributed by atoms with van der Waals surface area (Å²) in [6, 6.07) is 6.63. The second-order valence-corrected chi connectivity index (χ2v) is 16.3. The summed E-state index contributed by atoms with van der Waals surface area (Å²) >= 11 is 0. The number of benzene rings is 1. The van der Waals surface area contributed by atoms with Gasteiger partial charge in [0.1, 0.15) is 12.1 Å². The standard InChI is InChI=1S/C38H52N6O8.C4H10.C3H8.C2H6/c1-4-5-17-52-29-20-30(44(24-29)34(48)23-39-32(46)19-25-11-9-16-28(18-25)26-14-10-15-26)36(49)40-21-31(45)37(50)41-22-33(47)42-35(38(51)43(2)3)27-12-7-6-8-13-27;1-4(2)3;1-3-2;1-2/h6-9,11-13,16,25-26,29-30,35H,4-5,10,14-15,17-24H2,1-3H3,(H,39,46)(H,40,49)(H,41,50)(H,42,47);4H,1-3H3;3H2,1-2H3;1-2H3. The van der Waals surface area contributed by atoms with E-state index in [9.17, 15) is 33.6 Å². The molecule has 1 saturated heterocycles. The first kappa shape index (κ1) is 54.2. The molecule has 1 saturated carbocycles. The van der Waals surface area contributed by atoms with Gasteiger partial charge in [0.05, 0.1) is 25.7 Å². The molecule has 1 aliphatic heterocycles. The lowest BCUT2D eigenvalue weighted by Gasteiger charge is -2.31. The molecule has 2 aliphatic carbocycles. The van der Waals surface area contributed by atoms with Crippen molar-refractivity contribution in [1.29, 1.82) is 0 Å². The van der Waals surface area contributed by atoms with Crippen LogP contribution in [0, 0.1) is 17.8 Å². The van der Waals surface area contributed by atoms with E-state index >= 15 is 0 Å². The van der Waals surface area contributed by atoms with Crippen molar-refractivity contribution >= 4 is 41.2 Å². The second-order valence-electron chi connectivity index (χ2n) is 16.3. The topological polar surface area (TPSA) is 183 Å². The first-order valence-corrected chi connectivity index (χ1v) is 22.3. The van der Waals surface area contributed by atoms with Gasteiger partial charge in [-0.25, -0.2) is 0 Å². The van der Waals surface area contributed by atoms with Gasteiger partial charge < -0.3 is 35.8 Å². The number of rotatable bonds is 18. The van der Waals surface area contributed by atoms with Crippen LogP contribution in [-0.2, 0) is 38.3 Å². The molecule has 61 heavy (non-hydrogen) atoms. The van der Waals surface area contributed by atoms with Gasteiger partial charge in [-0.1, -0.05) is 129 Å². The summed E-state index contributed by atoms with van der Waals surface area (Å²) in [4.78, 5) is 92.5. The third kappa shape index (κ3) is 20.5. The van der Waals surface area contributed by atoms with Crippen LogP contribution in [0.25, 0.3) is 0 Å². The van der Waals surface area contributed by atoms with Crippen molar-refractivity contribution in [3.63, 3.8) is 0 Å². The molecule has 1 aromatic carbocycles. The quantitative estimate of drug-likeness (QED) is 0.111. The molecule has 14 heteroatoms. The highest BCUT2D eigenvalue weighted by Gasteiger charge is 2.40. The molecule has 4 atom stereocenters. The van der Waals surface area contributed by atoms with Crippen molar-refractivity contribution in [1.82, 2.24) is 31.1 Å². The van der Waals surface area contributed by atoms with Crippen LogP contribution >= 0.6 is 0 Å². The van der Waals surface area contributed by atoms with Crippen molar-refractivity contribution in [2.24, 2.45) is 17.8 Å². The Hall–Kier alpha value is -4.85. The largest absolute Gasteiger partial charge is 0.376 e. The first-order valence-electron chi connectivity index (χ1n) is 22.3. The van der Waals surface area contributed by atoms with E-state index in [4.69, 9.17) is 4.74 Å². The molecule has 0 aromatic heterocycles. The summed E-state index contributed by atoms with van der Waals surface area (Å²) in [5.41, 5.74) is 1.93. The van der Waals surface area contributed by atoms with Crippen LogP contribution in [0.1, 0.15) is 125 Å². The van der Waals surface area contributed by atoms with E-state index in [1.807, 2.05) is 32.9 Å². The van der Waals surface area contributed by atoms with Gasteiger partial charge in [-0.05, 0) is 49.0 Å². The number of nitrogens with zero attached hydrogens (tertiary/aromatic N) is 2. The van der Waals surface area contributed by atoms with E-state index < -0.39 is 60.7 Å². The predicted molar refractivity (Wildman–Crippen MR) is 240 cm³/mol. The average molecular weight is 853 g/mol. The molecular weight excluding hydrogens is 777 g/mol. The maximum absolute atomic E-state index is 13.3. The van der Waals surface area contributed by atoms with Gasteiger partial charge >= 0.3 is 0 Å². The lowest BCUT2D eigenvalue weighted by atomic mass is 9.74.